The summed E-state index contributed by atoms with van der Waals surface area (Å²) in [7, 11) is 0. The van der Waals surface area contributed by atoms with Crippen LogP contribution in [-0.4, -0.2) is 66.2 Å². The molecule has 0 aliphatic carbocycles. The molecule has 32 heavy (non-hydrogen) atoms. The smallest absolute Gasteiger partial charge is 0.369 e. The van der Waals surface area contributed by atoms with Crippen LogP contribution in [0.4, 0.5) is 23.7 Å². The maximum absolute atomic E-state index is 13.0. The minimum Gasteiger partial charge on any atom is -0.369 e. The highest BCUT2D eigenvalue weighted by Gasteiger charge is 2.31. The van der Waals surface area contributed by atoms with Crippen LogP contribution < -0.4 is 10.2 Å². The molecule has 1 N–H and O–H groups in total. The lowest BCUT2D eigenvalue weighted by Crippen LogP contribution is -2.48. The molecule has 0 saturated carbocycles. The number of nitrogens with zero attached hydrogens (tertiary/aromatic N) is 4. The zero-order valence-electron chi connectivity index (χ0n) is 18.3. The van der Waals surface area contributed by atoms with Crippen molar-refractivity contribution < 1.29 is 18.0 Å². The van der Waals surface area contributed by atoms with E-state index < -0.39 is 11.7 Å². The lowest BCUT2D eigenvalue weighted by atomic mass is 10.1. The van der Waals surface area contributed by atoms with Gasteiger partial charge in [-0.2, -0.15) is 13.2 Å². The quantitative estimate of drug-likeness (QED) is 0.707. The number of aromatic nitrogens is 1. The predicted molar refractivity (Wildman–Crippen MR) is 118 cm³/mol. The average molecular weight is 450 g/mol. The molecule has 1 aromatic carbocycles. The average Bonchev–Trinajstić information content (AvgIpc) is 3.27. The molecule has 2 aromatic rings. The standard InChI is InChI=1S/C23H30F3N5O/c1-18-21-7-3-10-30(21)15-16-31(18)22(32)27-8-4-9-28-11-13-29(14-12-28)20-6-2-5-19(17-20)23(24,25)26/h2-3,5-7,10,17-18H,4,8-9,11-16H2,1H3,(H,27,32). The lowest BCUT2D eigenvalue weighted by Gasteiger charge is -2.36. The van der Waals surface area contributed by atoms with Crippen LogP contribution in [0.2, 0.25) is 0 Å². The molecule has 2 amide bonds. The number of carbonyl (C=O) groups is 1. The van der Waals surface area contributed by atoms with Crippen molar-refractivity contribution in [1.82, 2.24) is 19.7 Å². The number of alkyl halides is 3. The van der Waals surface area contributed by atoms with Crippen LogP contribution in [-0.2, 0) is 12.7 Å². The van der Waals surface area contributed by atoms with E-state index in [9.17, 15) is 18.0 Å². The fourth-order valence-corrected chi connectivity index (χ4v) is 4.56. The van der Waals surface area contributed by atoms with Gasteiger partial charge in [0.05, 0.1) is 11.6 Å². The van der Waals surface area contributed by atoms with Crippen molar-refractivity contribution in [3.63, 3.8) is 0 Å². The van der Waals surface area contributed by atoms with Gasteiger partial charge in [0.1, 0.15) is 0 Å². The van der Waals surface area contributed by atoms with E-state index in [0.717, 1.165) is 44.4 Å². The predicted octanol–water partition coefficient (Wildman–Crippen LogP) is 3.81. The van der Waals surface area contributed by atoms with Crippen molar-refractivity contribution in [2.24, 2.45) is 0 Å². The maximum Gasteiger partial charge on any atom is 0.416 e. The van der Waals surface area contributed by atoms with Gasteiger partial charge < -0.3 is 19.7 Å². The molecule has 174 valence electrons. The number of fused-ring (bicyclic) bond motifs is 1. The lowest BCUT2D eigenvalue weighted by molar-refractivity contribution is -0.137. The number of urea groups is 1. The molecule has 2 aliphatic rings. The second kappa shape index (κ2) is 9.44. The van der Waals surface area contributed by atoms with Crippen LogP contribution in [0.15, 0.2) is 42.6 Å². The van der Waals surface area contributed by atoms with Crippen LogP contribution in [0, 0.1) is 0 Å². The fourth-order valence-electron chi connectivity index (χ4n) is 4.56. The minimum atomic E-state index is -4.32. The Morgan fingerprint density at radius 3 is 2.59 bits per heavy atom. The van der Waals surface area contributed by atoms with Crippen molar-refractivity contribution >= 4 is 11.7 Å². The van der Waals surface area contributed by atoms with Crippen molar-refractivity contribution in [3.8, 4) is 0 Å². The van der Waals surface area contributed by atoms with Crippen LogP contribution in [0.3, 0.4) is 0 Å². The Kier molecular flexibility index (Phi) is 6.64. The topological polar surface area (TPSA) is 43.8 Å². The van der Waals surface area contributed by atoms with E-state index in [1.54, 1.807) is 6.07 Å². The highest BCUT2D eigenvalue weighted by molar-refractivity contribution is 5.74. The summed E-state index contributed by atoms with van der Waals surface area (Å²) < 4.78 is 41.1. The number of carbonyl (C=O) groups excluding carboxylic acids is 1. The molecule has 9 heteroatoms. The molecule has 1 aromatic heterocycles. The first-order chi connectivity index (χ1) is 15.3. The maximum atomic E-state index is 13.0. The Balaban J connectivity index is 1.17. The SMILES string of the molecule is CC1c2cccn2CCN1C(=O)NCCCN1CCN(c2cccc(C(F)(F)F)c2)CC1. The van der Waals surface area contributed by atoms with Crippen LogP contribution in [0.1, 0.15) is 30.6 Å². The molecular weight excluding hydrogens is 419 g/mol. The number of halogens is 3. The number of piperazine rings is 1. The first-order valence-corrected chi connectivity index (χ1v) is 11.2. The number of amides is 2. The van der Waals surface area contributed by atoms with E-state index in [-0.39, 0.29) is 12.1 Å². The summed E-state index contributed by atoms with van der Waals surface area (Å²) in [6.45, 7) is 8.01. The molecule has 1 unspecified atom stereocenters. The minimum absolute atomic E-state index is 0.0284. The monoisotopic (exact) mass is 449 g/mol. The molecule has 4 rings (SSSR count). The number of hydrogen-bond donors (Lipinski definition) is 1. The van der Waals surface area contributed by atoms with Gasteiger partial charge >= 0.3 is 12.2 Å². The molecule has 0 bridgehead atoms. The molecule has 1 saturated heterocycles. The summed E-state index contributed by atoms with van der Waals surface area (Å²) in [5.41, 5.74) is 1.17. The second-order valence-electron chi connectivity index (χ2n) is 8.46. The van der Waals surface area contributed by atoms with E-state index >= 15 is 0 Å². The van der Waals surface area contributed by atoms with E-state index in [0.29, 0.717) is 31.9 Å². The summed E-state index contributed by atoms with van der Waals surface area (Å²) in [5.74, 6) is 0. The van der Waals surface area contributed by atoms with Gasteiger partial charge in [0.15, 0.2) is 0 Å². The first kappa shape index (κ1) is 22.5. The van der Waals surface area contributed by atoms with E-state index in [4.69, 9.17) is 0 Å². The Hall–Kier alpha value is -2.68. The molecule has 0 spiro atoms. The Morgan fingerprint density at radius 2 is 1.84 bits per heavy atom. The van der Waals surface area contributed by atoms with Gasteiger partial charge in [-0.3, -0.25) is 4.90 Å². The highest BCUT2D eigenvalue weighted by atomic mass is 19.4. The number of benzene rings is 1. The normalized spacial score (nSPS) is 19.7. The van der Waals surface area contributed by atoms with E-state index in [1.807, 2.05) is 22.1 Å². The molecule has 3 heterocycles. The van der Waals surface area contributed by atoms with Crippen molar-refractivity contribution in [3.05, 3.63) is 53.9 Å². The first-order valence-electron chi connectivity index (χ1n) is 11.2. The molecular formula is C23H30F3N5O. The number of anilines is 1. The van der Waals surface area contributed by atoms with Crippen LogP contribution in [0.25, 0.3) is 0 Å². The van der Waals surface area contributed by atoms with Gasteiger partial charge in [0.25, 0.3) is 0 Å². The largest absolute Gasteiger partial charge is 0.416 e. The molecule has 2 aliphatic heterocycles. The van der Waals surface area contributed by atoms with Crippen LogP contribution >= 0.6 is 0 Å². The van der Waals surface area contributed by atoms with Gasteiger partial charge in [-0.25, -0.2) is 4.79 Å². The highest BCUT2D eigenvalue weighted by Crippen LogP contribution is 2.32. The molecule has 1 fully saturated rings. The van der Waals surface area contributed by atoms with Crippen molar-refractivity contribution in [2.45, 2.75) is 32.1 Å². The summed E-state index contributed by atoms with van der Waals surface area (Å²) in [6.07, 6.45) is -1.43. The third kappa shape index (κ3) is 5.03. The Morgan fingerprint density at radius 1 is 1.06 bits per heavy atom. The molecule has 0 radical (unpaired) electrons. The second-order valence-corrected chi connectivity index (χ2v) is 8.46. The summed E-state index contributed by atoms with van der Waals surface area (Å²) in [6, 6.07) is 9.64. The van der Waals surface area contributed by atoms with Crippen molar-refractivity contribution in [1.29, 1.82) is 0 Å². The summed E-state index contributed by atoms with van der Waals surface area (Å²) in [5, 5.41) is 3.03. The van der Waals surface area contributed by atoms with Crippen LogP contribution in [0.5, 0.6) is 0 Å². The van der Waals surface area contributed by atoms with Crippen molar-refractivity contribution in [2.75, 3.05) is 50.7 Å². The molecule has 1 atom stereocenters. The fraction of sp³-hybridized carbons (Fsp3) is 0.522. The Labute approximate surface area is 186 Å². The van der Waals surface area contributed by atoms with Gasteiger partial charge in [-0.05, 0) is 50.2 Å². The zero-order chi connectivity index (χ0) is 22.7. The summed E-state index contributed by atoms with van der Waals surface area (Å²) >= 11 is 0. The third-order valence-electron chi connectivity index (χ3n) is 6.44. The number of nitrogens with one attached hydrogen (secondary N) is 1. The number of hydrogen-bond acceptors (Lipinski definition) is 3. The van der Waals surface area contributed by atoms with E-state index in [1.165, 1.54) is 12.1 Å². The van der Waals surface area contributed by atoms with Gasteiger partial charge in [0.2, 0.25) is 0 Å². The van der Waals surface area contributed by atoms with Gasteiger partial charge in [0, 0.05) is 63.4 Å². The molecule has 6 nitrogen and oxygen atoms in total. The Bertz CT molecular complexity index is 920. The summed E-state index contributed by atoms with van der Waals surface area (Å²) in [4.78, 5) is 18.8. The number of rotatable bonds is 5. The van der Waals surface area contributed by atoms with Gasteiger partial charge in [-0.1, -0.05) is 6.07 Å². The van der Waals surface area contributed by atoms with E-state index in [2.05, 4.69) is 27.8 Å². The van der Waals surface area contributed by atoms with Gasteiger partial charge in [-0.15, -0.1) is 0 Å². The third-order valence-corrected chi connectivity index (χ3v) is 6.44. The zero-order valence-corrected chi connectivity index (χ0v) is 18.3.